The quantitative estimate of drug-likeness (QED) is 0.117. The third-order valence-corrected chi connectivity index (χ3v) is 4.59. The topological polar surface area (TPSA) is 146 Å². The predicted molar refractivity (Wildman–Crippen MR) is 120 cm³/mol. The molecule has 0 rings (SSSR count). The van der Waals surface area contributed by atoms with Crippen molar-refractivity contribution in [3.63, 3.8) is 0 Å². The van der Waals surface area contributed by atoms with Crippen molar-refractivity contribution >= 4 is 40.8 Å². The number of aliphatic carboxylic acids is 1. The van der Waals surface area contributed by atoms with Crippen molar-refractivity contribution in [3.8, 4) is 0 Å². The summed E-state index contributed by atoms with van der Waals surface area (Å²) in [5.41, 5.74) is 0. The Labute approximate surface area is 176 Å². The van der Waals surface area contributed by atoms with Crippen LogP contribution in [0.5, 0.6) is 0 Å². The average Bonchev–Trinajstić information content (AvgIpc) is 2.60. The molecule has 0 saturated heterocycles. The van der Waals surface area contributed by atoms with Crippen LogP contribution in [0.25, 0.3) is 0 Å². The Balaban J connectivity index is 4.61. The van der Waals surface area contributed by atoms with Crippen molar-refractivity contribution in [3.05, 3.63) is 0 Å². The van der Waals surface area contributed by atoms with Crippen molar-refractivity contribution < 1.29 is 29.8 Å². The molecule has 1 atom stereocenters. The highest BCUT2D eigenvalue weighted by molar-refractivity contribution is 6.57. The molecule has 0 bridgehead atoms. The summed E-state index contributed by atoms with van der Waals surface area (Å²) in [6.07, 6.45) is 2.06. The second kappa shape index (κ2) is 15.8. The summed E-state index contributed by atoms with van der Waals surface area (Å²) in [6.45, 7) is 7.38. The first-order chi connectivity index (χ1) is 13.6. The number of amides is 1. The minimum Gasteiger partial charge on any atom is -0.480 e. The summed E-state index contributed by atoms with van der Waals surface area (Å²) in [7, 11) is -0.548. The molecule has 0 heterocycles. The fourth-order valence-corrected chi connectivity index (χ4v) is 3.07. The molecular formula is C15H36B4N4O6. The SMILES string of the molecule is BC(=O)N(CCCNB(C)O)C(CCCN(CCCNB(C)O)B(C)O)C(=O)O. The largest absolute Gasteiger partial charge is 0.480 e. The number of hydrogen-bond donors (Lipinski definition) is 6. The molecule has 0 aromatic heterocycles. The molecule has 1 unspecified atom stereocenters. The van der Waals surface area contributed by atoms with Gasteiger partial charge >= 0.3 is 27.1 Å². The van der Waals surface area contributed by atoms with Crippen molar-refractivity contribution in [1.29, 1.82) is 0 Å². The lowest BCUT2D eigenvalue weighted by atomic mass is 9.84. The molecule has 0 spiro atoms. The molecule has 0 aliphatic carbocycles. The smallest absolute Gasteiger partial charge is 0.376 e. The summed E-state index contributed by atoms with van der Waals surface area (Å²) < 4.78 is 0. The zero-order chi connectivity index (χ0) is 22.4. The van der Waals surface area contributed by atoms with E-state index in [1.165, 1.54) is 12.7 Å². The number of rotatable bonds is 17. The normalized spacial score (nSPS) is 12.0. The first-order valence-corrected chi connectivity index (χ1v) is 10.3. The van der Waals surface area contributed by atoms with E-state index in [-0.39, 0.29) is 18.8 Å². The molecule has 0 aliphatic rings. The van der Waals surface area contributed by atoms with E-state index < -0.39 is 33.2 Å². The molecular weight excluding hydrogens is 375 g/mol. The van der Waals surface area contributed by atoms with E-state index in [2.05, 4.69) is 10.5 Å². The van der Waals surface area contributed by atoms with Gasteiger partial charge in [-0.15, -0.1) is 0 Å². The lowest BCUT2D eigenvalue weighted by Gasteiger charge is -2.30. The number of carbonyl (C=O) groups excluding carboxylic acids is 1. The zero-order valence-corrected chi connectivity index (χ0v) is 18.2. The number of carbonyl (C=O) groups is 2. The van der Waals surface area contributed by atoms with Gasteiger partial charge in [-0.2, -0.15) is 0 Å². The highest BCUT2D eigenvalue weighted by Crippen LogP contribution is 2.11. The van der Waals surface area contributed by atoms with Gasteiger partial charge in [0.2, 0.25) is 7.85 Å². The second-order valence-electron chi connectivity index (χ2n) is 7.34. The van der Waals surface area contributed by atoms with E-state index in [0.29, 0.717) is 39.0 Å². The van der Waals surface area contributed by atoms with Gasteiger partial charge < -0.3 is 40.3 Å². The van der Waals surface area contributed by atoms with Gasteiger partial charge in [0.05, 0.1) is 0 Å². The second-order valence-corrected chi connectivity index (χ2v) is 7.34. The van der Waals surface area contributed by atoms with Gasteiger partial charge in [-0.3, -0.25) is 4.79 Å². The monoisotopic (exact) mass is 412 g/mol. The van der Waals surface area contributed by atoms with Gasteiger partial charge in [-0.1, -0.05) is 0 Å². The number of carboxylic acids is 1. The van der Waals surface area contributed by atoms with Crippen LogP contribution in [0.4, 0.5) is 4.79 Å². The lowest BCUT2D eigenvalue weighted by Crippen LogP contribution is -2.47. The van der Waals surface area contributed by atoms with Crippen LogP contribution in [-0.4, -0.2) is 109 Å². The highest BCUT2D eigenvalue weighted by atomic mass is 16.4. The maximum atomic E-state index is 12.0. The first kappa shape index (κ1) is 28.0. The van der Waals surface area contributed by atoms with Gasteiger partial charge in [0.25, 0.3) is 0 Å². The van der Waals surface area contributed by atoms with Gasteiger partial charge in [0.15, 0.2) is 5.81 Å². The van der Waals surface area contributed by atoms with Crippen LogP contribution in [0, 0.1) is 0 Å². The van der Waals surface area contributed by atoms with Crippen LogP contribution in [0.15, 0.2) is 0 Å². The zero-order valence-electron chi connectivity index (χ0n) is 18.2. The van der Waals surface area contributed by atoms with Crippen LogP contribution in [0.3, 0.4) is 0 Å². The minimum atomic E-state index is -1.05. The molecule has 0 fully saturated rings. The average molecular weight is 412 g/mol. The summed E-state index contributed by atoms with van der Waals surface area (Å²) in [5, 5.41) is 43.7. The maximum absolute atomic E-state index is 12.0. The molecule has 14 heteroatoms. The Morgan fingerprint density at radius 3 is 1.83 bits per heavy atom. The van der Waals surface area contributed by atoms with Crippen molar-refractivity contribution in [2.24, 2.45) is 0 Å². The molecule has 29 heavy (non-hydrogen) atoms. The van der Waals surface area contributed by atoms with E-state index in [9.17, 15) is 29.8 Å². The summed E-state index contributed by atoms with van der Waals surface area (Å²) in [4.78, 5) is 26.9. The Morgan fingerprint density at radius 2 is 1.41 bits per heavy atom. The summed E-state index contributed by atoms with van der Waals surface area (Å²) in [6, 6.07) is -0.924. The Morgan fingerprint density at radius 1 is 0.931 bits per heavy atom. The number of nitrogens with zero attached hydrogens (tertiary/aromatic N) is 2. The van der Waals surface area contributed by atoms with Gasteiger partial charge in [-0.05, 0) is 72.3 Å². The van der Waals surface area contributed by atoms with Crippen LogP contribution < -0.4 is 10.5 Å². The molecule has 0 aromatic rings. The molecule has 0 aliphatic heterocycles. The highest BCUT2D eigenvalue weighted by Gasteiger charge is 2.27. The molecule has 0 radical (unpaired) electrons. The van der Waals surface area contributed by atoms with Crippen LogP contribution in [0.2, 0.25) is 20.5 Å². The van der Waals surface area contributed by atoms with Crippen LogP contribution in [-0.2, 0) is 4.79 Å². The van der Waals surface area contributed by atoms with E-state index in [1.54, 1.807) is 20.5 Å². The fourth-order valence-electron chi connectivity index (χ4n) is 3.07. The maximum Gasteiger partial charge on any atom is 0.376 e. The minimum absolute atomic E-state index is 0.286. The van der Waals surface area contributed by atoms with E-state index >= 15 is 0 Å². The van der Waals surface area contributed by atoms with Crippen molar-refractivity contribution in [1.82, 2.24) is 20.2 Å². The molecule has 164 valence electrons. The standard InChI is InChI=1S/C15H36B4N4O6/c1-17(27)20-8-5-11-22(19(3)29)10-4-7-13(14(24)25)23(15(16)26)12-6-9-21-18(2)28/h13,20-21,27-29H,4-12,16H2,1-3H3,(H,24,25). The Kier molecular flexibility index (Phi) is 15.2. The number of carboxylic acid groups (broad SMARTS) is 1. The van der Waals surface area contributed by atoms with Crippen molar-refractivity contribution in [2.75, 3.05) is 32.7 Å². The molecule has 1 amide bonds. The number of nitrogens with one attached hydrogen (secondary N) is 2. The third-order valence-electron chi connectivity index (χ3n) is 4.59. The van der Waals surface area contributed by atoms with Gasteiger partial charge in [0, 0.05) is 6.54 Å². The molecule has 0 aromatic carbocycles. The summed E-state index contributed by atoms with van der Waals surface area (Å²) in [5.74, 6) is -1.35. The predicted octanol–water partition coefficient (Wildman–Crippen LogP) is -2.13. The van der Waals surface area contributed by atoms with Crippen molar-refractivity contribution in [2.45, 2.75) is 52.2 Å². The van der Waals surface area contributed by atoms with E-state index in [1.807, 2.05) is 4.81 Å². The Bertz CT molecular complexity index is 476. The van der Waals surface area contributed by atoms with Gasteiger partial charge in [0.1, 0.15) is 6.04 Å². The van der Waals surface area contributed by atoms with Crippen LogP contribution in [0.1, 0.15) is 25.7 Å². The molecule has 0 saturated carbocycles. The summed E-state index contributed by atoms with van der Waals surface area (Å²) >= 11 is 0. The first-order valence-electron chi connectivity index (χ1n) is 10.3. The number of hydrogen-bond acceptors (Lipinski definition) is 8. The Hall–Kier alpha value is -1.04. The fraction of sp³-hybridized carbons (Fsp3) is 0.867. The lowest BCUT2D eigenvalue weighted by molar-refractivity contribution is -0.142. The van der Waals surface area contributed by atoms with Crippen LogP contribution >= 0.6 is 0 Å². The molecule has 10 nitrogen and oxygen atoms in total. The third kappa shape index (κ3) is 13.7. The molecule has 6 N–H and O–H groups in total. The van der Waals surface area contributed by atoms with E-state index in [4.69, 9.17) is 0 Å². The van der Waals surface area contributed by atoms with Gasteiger partial charge in [-0.25, -0.2) is 4.79 Å². The van der Waals surface area contributed by atoms with E-state index in [0.717, 1.165) is 6.42 Å².